The third kappa shape index (κ3) is 1.65. The summed E-state index contributed by atoms with van der Waals surface area (Å²) in [6.45, 7) is 0.678. The van der Waals surface area contributed by atoms with E-state index in [1.165, 1.54) is 0 Å². The van der Waals surface area contributed by atoms with Crippen molar-refractivity contribution in [2.75, 3.05) is 13.1 Å². The lowest BCUT2D eigenvalue weighted by Gasteiger charge is -2.27. The van der Waals surface area contributed by atoms with Gasteiger partial charge >= 0.3 is 0 Å². The largest absolute Gasteiger partial charge is 0.634 e. The van der Waals surface area contributed by atoms with Crippen LogP contribution in [-0.2, 0) is 0 Å². The van der Waals surface area contributed by atoms with Gasteiger partial charge in [-0.05, 0) is 0 Å². The predicted octanol–water partition coefficient (Wildman–Crippen LogP) is -1.19. The minimum Gasteiger partial charge on any atom is -0.634 e. The van der Waals surface area contributed by atoms with Crippen LogP contribution >= 0.6 is 0 Å². The predicted molar refractivity (Wildman–Crippen MR) is 34.1 cm³/mol. The Morgan fingerprint density at radius 3 is 2.70 bits per heavy atom. The van der Waals surface area contributed by atoms with Gasteiger partial charge in [-0.15, -0.1) is 0 Å². The lowest BCUT2D eigenvalue weighted by atomic mass is 10.1. The van der Waals surface area contributed by atoms with E-state index in [1.807, 2.05) is 0 Å². The van der Waals surface area contributed by atoms with Crippen molar-refractivity contribution >= 4 is 0 Å². The highest BCUT2D eigenvalue weighted by Crippen LogP contribution is 2.00. The fourth-order valence-electron chi connectivity index (χ4n) is 1.18. The normalized spacial score (nSPS) is 33.7. The number of nitrogens with zero attached hydrogens (tertiary/aromatic N) is 1. The number of piperidine rings is 1. The molecule has 0 spiro atoms. The highest BCUT2D eigenvalue weighted by atomic mass is 16.6. The summed E-state index contributed by atoms with van der Waals surface area (Å²) in [5.74, 6) is 0. The van der Waals surface area contributed by atoms with Crippen LogP contribution in [0.3, 0.4) is 0 Å². The smallest absolute Gasteiger partial charge is 0.261 e. The van der Waals surface area contributed by atoms with Crippen molar-refractivity contribution in [2.45, 2.75) is 18.9 Å². The molecular formula is C5H10N2O3. The molecule has 1 heterocycles. The number of quaternary nitrogens is 1. The van der Waals surface area contributed by atoms with Crippen LogP contribution < -0.4 is 5.06 Å². The molecule has 2 unspecified atom stereocenters. The average molecular weight is 146 g/mol. The molecule has 58 valence electrons. The first-order valence-corrected chi connectivity index (χ1v) is 3.35. The molecule has 1 rings (SSSR count). The molecule has 1 N–H and O–H groups in total. The van der Waals surface area contributed by atoms with Gasteiger partial charge in [0.25, 0.3) is 6.04 Å². The average Bonchev–Trinajstić information content (AvgIpc) is 1.88. The van der Waals surface area contributed by atoms with Gasteiger partial charge in [0.1, 0.15) is 6.54 Å². The molecule has 0 radical (unpaired) electrons. The SMILES string of the molecule is O=[N+]([O-])C1CCC[NH+]([O-])C1. The molecule has 1 aliphatic heterocycles. The van der Waals surface area contributed by atoms with Crippen molar-refractivity contribution in [3.05, 3.63) is 15.3 Å². The molecule has 0 aromatic heterocycles. The molecular weight excluding hydrogens is 136 g/mol. The number of hydrogen-bond acceptors (Lipinski definition) is 3. The zero-order valence-electron chi connectivity index (χ0n) is 5.58. The van der Waals surface area contributed by atoms with E-state index < -0.39 is 6.04 Å². The molecule has 0 saturated carbocycles. The molecule has 0 bridgehead atoms. The van der Waals surface area contributed by atoms with Gasteiger partial charge in [-0.25, -0.2) is 0 Å². The summed E-state index contributed by atoms with van der Waals surface area (Å²) < 4.78 is 0. The lowest BCUT2D eigenvalue weighted by molar-refractivity contribution is -0.869. The van der Waals surface area contributed by atoms with Crippen LogP contribution in [0.4, 0.5) is 0 Å². The highest BCUT2D eigenvalue weighted by molar-refractivity contribution is 4.58. The quantitative estimate of drug-likeness (QED) is 0.287. The summed E-state index contributed by atoms with van der Waals surface area (Å²) in [6, 6.07) is -0.596. The summed E-state index contributed by atoms with van der Waals surface area (Å²) in [5, 5.41) is 20.9. The molecule has 5 heteroatoms. The Morgan fingerprint density at radius 2 is 2.30 bits per heavy atom. The minimum absolute atomic E-state index is 0.0351. The topological polar surface area (TPSA) is 70.6 Å². The second kappa shape index (κ2) is 2.94. The Hall–Kier alpha value is -0.680. The Bertz CT molecular complexity index is 139. The maximum atomic E-state index is 10.7. The third-order valence-electron chi connectivity index (χ3n) is 1.75. The molecule has 0 aliphatic carbocycles. The van der Waals surface area contributed by atoms with Crippen LogP contribution in [0.15, 0.2) is 0 Å². The van der Waals surface area contributed by atoms with E-state index >= 15 is 0 Å². The number of hydrogen-bond donors (Lipinski definition) is 1. The highest BCUT2D eigenvalue weighted by Gasteiger charge is 2.27. The molecule has 2 atom stereocenters. The molecule has 1 saturated heterocycles. The summed E-state index contributed by atoms with van der Waals surface area (Å²) in [7, 11) is 0. The van der Waals surface area contributed by atoms with E-state index in [0.717, 1.165) is 0 Å². The van der Waals surface area contributed by atoms with Gasteiger partial charge in [-0.1, -0.05) is 0 Å². The van der Waals surface area contributed by atoms with Crippen molar-refractivity contribution < 1.29 is 9.99 Å². The van der Waals surface area contributed by atoms with E-state index in [9.17, 15) is 15.3 Å². The number of nitro groups is 1. The fraction of sp³-hybridized carbons (Fsp3) is 1.00. The van der Waals surface area contributed by atoms with Crippen molar-refractivity contribution in [2.24, 2.45) is 0 Å². The first-order valence-electron chi connectivity index (χ1n) is 3.35. The number of rotatable bonds is 1. The molecule has 5 nitrogen and oxygen atoms in total. The van der Waals surface area contributed by atoms with Crippen LogP contribution in [-0.4, -0.2) is 24.1 Å². The van der Waals surface area contributed by atoms with Gasteiger partial charge in [0.15, 0.2) is 0 Å². The maximum absolute atomic E-state index is 10.7. The van der Waals surface area contributed by atoms with Crippen LogP contribution in [0.2, 0.25) is 0 Å². The van der Waals surface area contributed by atoms with Crippen molar-refractivity contribution in [1.82, 2.24) is 0 Å². The van der Waals surface area contributed by atoms with Crippen molar-refractivity contribution in [3.63, 3.8) is 0 Å². The van der Waals surface area contributed by atoms with Gasteiger partial charge in [0, 0.05) is 17.8 Å². The van der Waals surface area contributed by atoms with Crippen molar-refractivity contribution in [3.8, 4) is 0 Å². The number of nitrogens with one attached hydrogen (secondary N) is 1. The first kappa shape index (κ1) is 7.43. The Kier molecular flexibility index (Phi) is 2.18. The maximum Gasteiger partial charge on any atom is 0.261 e. The molecule has 1 fully saturated rings. The molecule has 0 amide bonds. The van der Waals surface area contributed by atoms with E-state index in [-0.39, 0.29) is 16.5 Å². The fourth-order valence-corrected chi connectivity index (χ4v) is 1.18. The monoisotopic (exact) mass is 146 g/mol. The third-order valence-corrected chi connectivity index (χ3v) is 1.75. The van der Waals surface area contributed by atoms with E-state index in [4.69, 9.17) is 0 Å². The summed E-state index contributed by atoms with van der Waals surface area (Å²) in [6.07, 6.45) is 1.25. The number of hydroxylamine groups is 2. The summed E-state index contributed by atoms with van der Waals surface area (Å²) in [5.41, 5.74) is 0. The molecule has 1 aliphatic rings. The Balaban J connectivity index is 2.39. The van der Waals surface area contributed by atoms with Gasteiger partial charge in [0.05, 0.1) is 6.54 Å². The van der Waals surface area contributed by atoms with Gasteiger partial charge in [0.2, 0.25) is 0 Å². The van der Waals surface area contributed by atoms with Gasteiger partial charge < -0.3 is 10.3 Å². The summed E-state index contributed by atoms with van der Waals surface area (Å²) in [4.78, 5) is 9.80. The second-order valence-corrected chi connectivity index (χ2v) is 2.57. The Labute approximate surface area is 58.4 Å². The van der Waals surface area contributed by atoms with E-state index in [0.29, 0.717) is 19.4 Å². The summed E-state index contributed by atoms with van der Waals surface area (Å²) >= 11 is 0. The van der Waals surface area contributed by atoms with E-state index in [2.05, 4.69) is 0 Å². The Morgan fingerprint density at radius 1 is 1.60 bits per heavy atom. The zero-order valence-corrected chi connectivity index (χ0v) is 5.58. The van der Waals surface area contributed by atoms with Crippen molar-refractivity contribution in [1.29, 1.82) is 0 Å². The zero-order chi connectivity index (χ0) is 7.56. The second-order valence-electron chi connectivity index (χ2n) is 2.57. The molecule has 0 aromatic rings. The van der Waals surface area contributed by atoms with E-state index in [1.54, 1.807) is 0 Å². The molecule has 10 heavy (non-hydrogen) atoms. The van der Waals surface area contributed by atoms with Crippen LogP contribution in [0.1, 0.15) is 12.8 Å². The van der Waals surface area contributed by atoms with Crippen LogP contribution in [0, 0.1) is 15.3 Å². The lowest BCUT2D eigenvalue weighted by Crippen LogP contribution is -3.09. The minimum atomic E-state index is -0.596. The first-order chi connectivity index (χ1) is 4.70. The van der Waals surface area contributed by atoms with Gasteiger partial charge in [-0.3, -0.25) is 10.1 Å². The van der Waals surface area contributed by atoms with Gasteiger partial charge in [-0.2, -0.15) is 0 Å². The molecule has 0 aromatic carbocycles. The van der Waals surface area contributed by atoms with Crippen LogP contribution in [0.25, 0.3) is 0 Å². The van der Waals surface area contributed by atoms with Crippen LogP contribution in [0.5, 0.6) is 0 Å². The standard InChI is InChI=1S/C5H10N2O3/c8-6-3-1-2-5(4-6)7(9)10/h5-6H,1-4H2.